The average molecular weight is 451 g/mol. The maximum absolute atomic E-state index is 12.1. The molecule has 1 spiro atoms. The second-order valence-corrected chi connectivity index (χ2v) is 10.0. The number of aryl methyl sites for hydroxylation is 1. The number of esters is 2. The first-order valence-corrected chi connectivity index (χ1v) is 11.4. The number of carbonyl (C=O) groups is 2. The van der Waals surface area contributed by atoms with E-state index in [2.05, 4.69) is 6.92 Å². The van der Waals surface area contributed by atoms with Crippen molar-refractivity contribution in [3.8, 4) is 0 Å². The summed E-state index contributed by atoms with van der Waals surface area (Å²) in [4.78, 5) is 24.0. The zero-order chi connectivity index (χ0) is 23.3. The van der Waals surface area contributed by atoms with Gasteiger partial charge in [0.2, 0.25) is 0 Å². The monoisotopic (exact) mass is 450 g/mol. The fourth-order valence-corrected chi connectivity index (χ4v) is 6.72. The summed E-state index contributed by atoms with van der Waals surface area (Å²) in [5.74, 6) is -0.492. The van der Waals surface area contributed by atoms with E-state index in [4.69, 9.17) is 18.6 Å². The highest BCUT2D eigenvalue weighted by atomic mass is 16.6. The summed E-state index contributed by atoms with van der Waals surface area (Å²) in [6.45, 7) is 6.90. The molecule has 2 saturated carbocycles. The summed E-state index contributed by atoms with van der Waals surface area (Å²) in [5.41, 5.74) is -2.51. The number of epoxide rings is 1. The largest absolute Gasteiger partial charge is 0.469 e. The maximum atomic E-state index is 12.1. The third-order valence-electron chi connectivity index (χ3n) is 8.60. The Labute approximate surface area is 188 Å². The van der Waals surface area contributed by atoms with E-state index < -0.39 is 46.7 Å². The minimum atomic E-state index is -1.06. The van der Waals surface area contributed by atoms with Crippen molar-refractivity contribution in [2.75, 3.05) is 13.2 Å². The molecule has 0 bridgehead atoms. The summed E-state index contributed by atoms with van der Waals surface area (Å²) < 4.78 is 22.8. The summed E-state index contributed by atoms with van der Waals surface area (Å²) in [6, 6.07) is 3.78. The molecule has 8 heteroatoms. The molecule has 32 heavy (non-hydrogen) atoms. The van der Waals surface area contributed by atoms with Gasteiger partial charge in [0.05, 0.1) is 30.5 Å². The molecule has 1 saturated heterocycles. The number of carbonyl (C=O) groups excluding carboxylic acids is 2. The van der Waals surface area contributed by atoms with E-state index in [0.717, 1.165) is 5.76 Å². The third-order valence-corrected chi connectivity index (χ3v) is 8.60. The number of hydrogen-bond donors (Lipinski definition) is 2. The Hall–Kier alpha value is -1.90. The van der Waals surface area contributed by atoms with Crippen molar-refractivity contribution in [3.63, 3.8) is 0 Å². The molecule has 8 nitrogen and oxygen atoms in total. The Morgan fingerprint density at radius 2 is 1.94 bits per heavy atom. The molecule has 4 rings (SSSR count). The van der Waals surface area contributed by atoms with Crippen LogP contribution in [-0.2, 0) is 30.2 Å². The van der Waals surface area contributed by atoms with Crippen LogP contribution in [0.5, 0.6) is 0 Å². The van der Waals surface area contributed by atoms with Gasteiger partial charge in [-0.15, -0.1) is 0 Å². The van der Waals surface area contributed by atoms with Crippen LogP contribution < -0.4 is 0 Å². The van der Waals surface area contributed by atoms with Crippen LogP contribution in [0.25, 0.3) is 0 Å². The second-order valence-electron chi connectivity index (χ2n) is 10.0. The molecule has 1 unspecified atom stereocenters. The van der Waals surface area contributed by atoms with E-state index in [1.165, 1.54) is 13.8 Å². The molecule has 1 aromatic heterocycles. The standard InChI is InChI=1S/C24H34O8/c1-14-20(28)21(32-16(3)26)23(12-30-15(2)25)18(7-8-19(27)24(23)13-31-24)22(14,4)10-9-17-6-5-11-29-17/h5-6,11,14,18-21,27-28H,7-10,12-13H2,1-4H3/t14-,18-,19+,20-,21+,22?,23+,24-/m1/s1. The molecular weight excluding hydrogens is 416 g/mol. The number of ether oxygens (including phenoxy) is 3. The van der Waals surface area contributed by atoms with Gasteiger partial charge in [0, 0.05) is 20.3 Å². The number of rotatable bonds is 6. The Morgan fingerprint density at radius 1 is 1.22 bits per heavy atom. The van der Waals surface area contributed by atoms with Crippen molar-refractivity contribution in [1.29, 1.82) is 0 Å². The van der Waals surface area contributed by atoms with Crippen molar-refractivity contribution >= 4 is 11.9 Å². The molecule has 178 valence electrons. The Bertz CT molecular complexity index is 846. The van der Waals surface area contributed by atoms with Crippen LogP contribution in [0.2, 0.25) is 0 Å². The maximum Gasteiger partial charge on any atom is 0.303 e. The van der Waals surface area contributed by atoms with Crippen LogP contribution in [0.1, 0.15) is 52.7 Å². The van der Waals surface area contributed by atoms with E-state index in [1.807, 2.05) is 19.1 Å². The highest BCUT2D eigenvalue weighted by Gasteiger charge is 2.79. The molecule has 0 amide bonds. The van der Waals surface area contributed by atoms with Gasteiger partial charge in [0.1, 0.15) is 24.1 Å². The Morgan fingerprint density at radius 3 is 2.50 bits per heavy atom. The van der Waals surface area contributed by atoms with Crippen molar-refractivity contribution in [1.82, 2.24) is 0 Å². The zero-order valence-corrected chi connectivity index (χ0v) is 19.2. The molecule has 2 heterocycles. The molecule has 2 N–H and O–H groups in total. The van der Waals surface area contributed by atoms with Gasteiger partial charge in [-0.25, -0.2) is 0 Å². The third kappa shape index (κ3) is 3.38. The van der Waals surface area contributed by atoms with Crippen LogP contribution in [0.4, 0.5) is 0 Å². The predicted molar refractivity (Wildman–Crippen MR) is 112 cm³/mol. The molecular formula is C24H34O8. The van der Waals surface area contributed by atoms with E-state index in [0.29, 0.717) is 25.7 Å². The lowest BCUT2D eigenvalue weighted by Crippen LogP contribution is -2.74. The molecule has 8 atom stereocenters. The Kier molecular flexibility index (Phi) is 5.92. The van der Waals surface area contributed by atoms with E-state index in [1.54, 1.807) is 6.26 Å². The molecule has 1 aliphatic heterocycles. The summed E-state index contributed by atoms with van der Waals surface area (Å²) in [5, 5.41) is 22.5. The first kappa shape index (κ1) is 23.3. The minimum absolute atomic E-state index is 0.0951. The van der Waals surface area contributed by atoms with Gasteiger partial charge < -0.3 is 28.8 Å². The van der Waals surface area contributed by atoms with Gasteiger partial charge in [-0.1, -0.05) is 13.8 Å². The van der Waals surface area contributed by atoms with Crippen LogP contribution in [0, 0.1) is 22.7 Å². The summed E-state index contributed by atoms with van der Waals surface area (Å²) in [6.07, 6.45) is 1.41. The van der Waals surface area contributed by atoms with Crippen LogP contribution in [0.15, 0.2) is 22.8 Å². The van der Waals surface area contributed by atoms with Gasteiger partial charge in [0.25, 0.3) is 0 Å². The first-order chi connectivity index (χ1) is 15.1. The number of hydrogen-bond acceptors (Lipinski definition) is 8. The number of fused-ring (bicyclic) bond motifs is 2. The fraction of sp³-hybridized carbons (Fsp3) is 0.750. The highest BCUT2D eigenvalue weighted by Crippen LogP contribution is 2.69. The molecule has 1 aromatic rings. The van der Waals surface area contributed by atoms with Gasteiger partial charge in [-0.3, -0.25) is 9.59 Å². The first-order valence-electron chi connectivity index (χ1n) is 11.4. The summed E-state index contributed by atoms with van der Waals surface area (Å²) in [7, 11) is 0. The second kappa shape index (κ2) is 8.15. The van der Waals surface area contributed by atoms with Crippen molar-refractivity contribution < 1.29 is 38.4 Å². The lowest BCUT2D eigenvalue weighted by atomic mass is 9.41. The van der Waals surface area contributed by atoms with E-state index in [9.17, 15) is 19.8 Å². The summed E-state index contributed by atoms with van der Waals surface area (Å²) >= 11 is 0. The number of aliphatic hydroxyl groups excluding tert-OH is 2. The molecule has 0 radical (unpaired) electrons. The van der Waals surface area contributed by atoms with E-state index >= 15 is 0 Å². The number of aliphatic hydroxyl groups is 2. The van der Waals surface area contributed by atoms with E-state index in [-0.39, 0.29) is 25.0 Å². The van der Waals surface area contributed by atoms with Crippen molar-refractivity contribution in [2.45, 2.75) is 77.3 Å². The van der Waals surface area contributed by atoms with Gasteiger partial charge in [-0.05, 0) is 48.6 Å². The van der Waals surface area contributed by atoms with Crippen LogP contribution in [0.3, 0.4) is 0 Å². The van der Waals surface area contributed by atoms with Gasteiger partial charge >= 0.3 is 11.9 Å². The molecule has 2 aliphatic carbocycles. The minimum Gasteiger partial charge on any atom is -0.469 e. The zero-order valence-electron chi connectivity index (χ0n) is 19.2. The predicted octanol–water partition coefficient (Wildman–Crippen LogP) is 2.25. The molecule has 0 aromatic carbocycles. The SMILES string of the molecule is CC(=O)OC[C@@]12[C@H](CC[C@H](O)[C@]13CO3)C(C)(CCc1ccco1)[C@H](C)[C@@H](O)[C@@H]2OC(C)=O. The lowest BCUT2D eigenvalue weighted by molar-refractivity contribution is -0.276. The van der Waals surface area contributed by atoms with Gasteiger partial charge in [-0.2, -0.15) is 0 Å². The smallest absolute Gasteiger partial charge is 0.303 e. The van der Waals surface area contributed by atoms with Crippen LogP contribution in [-0.4, -0.2) is 59.3 Å². The quantitative estimate of drug-likeness (QED) is 0.500. The van der Waals surface area contributed by atoms with Crippen molar-refractivity contribution in [3.05, 3.63) is 24.2 Å². The molecule has 3 fully saturated rings. The lowest BCUT2D eigenvalue weighted by Gasteiger charge is -2.64. The Balaban J connectivity index is 1.82. The number of furan rings is 1. The normalized spacial score (nSPS) is 42.9. The van der Waals surface area contributed by atoms with Crippen LogP contribution >= 0.6 is 0 Å². The van der Waals surface area contributed by atoms with Gasteiger partial charge in [0.15, 0.2) is 0 Å². The van der Waals surface area contributed by atoms with Crippen molar-refractivity contribution in [2.24, 2.45) is 22.7 Å². The highest BCUT2D eigenvalue weighted by molar-refractivity contribution is 5.67. The fourth-order valence-electron chi connectivity index (χ4n) is 6.72. The average Bonchev–Trinajstić information content (AvgIpc) is 3.37. The molecule has 3 aliphatic rings. The topological polar surface area (TPSA) is 119 Å².